The molecule has 2 unspecified atom stereocenters. The van der Waals surface area contributed by atoms with Gasteiger partial charge in [-0.3, -0.25) is 9.69 Å². The van der Waals surface area contributed by atoms with Crippen LogP contribution in [0.4, 0.5) is 0 Å². The molecule has 2 rings (SSSR count). The van der Waals surface area contributed by atoms with Crippen molar-refractivity contribution in [3.8, 4) is 0 Å². The van der Waals surface area contributed by atoms with Crippen molar-refractivity contribution in [2.75, 3.05) is 33.8 Å². The third-order valence-electron chi connectivity index (χ3n) is 3.08. The Morgan fingerprint density at radius 2 is 2.23 bits per heavy atom. The first kappa shape index (κ1) is 8.97. The zero-order valence-electron chi connectivity index (χ0n) is 8.19. The molecule has 0 radical (unpaired) electrons. The quantitative estimate of drug-likeness (QED) is 0.553. The van der Waals surface area contributed by atoms with Crippen LogP contribution in [0.3, 0.4) is 0 Å². The zero-order valence-corrected chi connectivity index (χ0v) is 8.19. The van der Waals surface area contributed by atoms with Crippen molar-refractivity contribution in [2.24, 2.45) is 0 Å². The number of likely N-dealkylation sites (N-methyl/N-ethyl adjacent to an activating group) is 1. The maximum Gasteiger partial charge on any atom is 0.239 e. The number of ether oxygens (including phenoxy) is 1. The van der Waals surface area contributed by atoms with Crippen LogP contribution in [0.25, 0.3) is 0 Å². The molecule has 2 aliphatic rings. The minimum absolute atomic E-state index is 0.0868. The Kier molecular flexibility index (Phi) is 2.26. The molecule has 0 aromatic heterocycles. The fraction of sp³-hybridized carbons (Fsp3) is 0.889. The van der Waals surface area contributed by atoms with E-state index in [9.17, 15) is 4.79 Å². The Labute approximate surface area is 78.4 Å². The molecule has 1 amide bonds. The Morgan fingerprint density at radius 1 is 1.46 bits per heavy atom. The van der Waals surface area contributed by atoms with Gasteiger partial charge in [-0.05, 0) is 6.42 Å². The van der Waals surface area contributed by atoms with Crippen LogP contribution in [0.2, 0.25) is 0 Å². The number of nitrogens with zero attached hydrogens (tertiary/aromatic N) is 2. The summed E-state index contributed by atoms with van der Waals surface area (Å²) in [5.41, 5.74) is 0. The number of piperazine rings is 1. The van der Waals surface area contributed by atoms with Gasteiger partial charge >= 0.3 is 0 Å². The normalized spacial score (nSPS) is 35.2. The van der Waals surface area contributed by atoms with Gasteiger partial charge in [0, 0.05) is 33.8 Å². The van der Waals surface area contributed by atoms with E-state index in [1.807, 2.05) is 11.9 Å². The fourth-order valence-corrected chi connectivity index (χ4v) is 2.18. The van der Waals surface area contributed by atoms with Crippen molar-refractivity contribution in [2.45, 2.75) is 18.6 Å². The van der Waals surface area contributed by atoms with Gasteiger partial charge in [-0.15, -0.1) is 0 Å². The number of hydrogen-bond donors (Lipinski definition) is 0. The van der Waals surface area contributed by atoms with E-state index in [-0.39, 0.29) is 18.1 Å². The van der Waals surface area contributed by atoms with Gasteiger partial charge < -0.3 is 9.64 Å². The van der Waals surface area contributed by atoms with Crippen LogP contribution < -0.4 is 0 Å². The summed E-state index contributed by atoms with van der Waals surface area (Å²) in [6.45, 7) is 2.76. The van der Waals surface area contributed by atoms with Gasteiger partial charge in [0.2, 0.25) is 5.91 Å². The van der Waals surface area contributed by atoms with E-state index in [1.54, 1.807) is 7.11 Å². The molecule has 0 aromatic rings. The highest BCUT2D eigenvalue weighted by Crippen LogP contribution is 2.23. The molecule has 0 N–H and O–H groups in total. The molecule has 2 saturated heterocycles. The Bertz CT molecular complexity index is 220. The summed E-state index contributed by atoms with van der Waals surface area (Å²) >= 11 is 0. The summed E-state index contributed by atoms with van der Waals surface area (Å²) in [5.74, 6) is 0.255. The highest BCUT2D eigenvalue weighted by Gasteiger charge is 2.40. The van der Waals surface area contributed by atoms with Crippen LogP contribution in [-0.4, -0.2) is 61.6 Å². The van der Waals surface area contributed by atoms with Crippen LogP contribution in [0.15, 0.2) is 0 Å². The summed E-state index contributed by atoms with van der Waals surface area (Å²) < 4.78 is 5.27. The number of amides is 1. The van der Waals surface area contributed by atoms with Gasteiger partial charge in [0.15, 0.2) is 0 Å². The number of hydrogen-bond acceptors (Lipinski definition) is 3. The summed E-state index contributed by atoms with van der Waals surface area (Å²) in [6, 6.07) is 0.0868. The summed E-state index contributed by atoms with van der Waals surface area (Å²) in [5, 5.41) is 0. The molecule has 2 fully saturated rings. The second-order valence-electron chi connectivity index (χ2n) is 3.86. The minimum Gasteiger partial charge on any atom is -0.380 e. The van der Waals surface area contributed by atoms with Crippen LogP contribution in [-0.2, 0) is 9.53 Å². The molecule has 2 heterocycles. The topological polar surface area (TPSA) is 32.8 Å². The van der Waals surface area contributed by atoms with Crippen molar-refractivity contribution in [3.05, 3.63) is 0 Å². The van der Waals surface area contributed by atoms with Crippen molar-refractivity contribution in [1.82, 2.24) is 9.80 Å². The molecule has 0 spiro atoms. The number of rotatable bonds is 1. The van der Waals surface area contributed by atoms with E-state index in [1.165, 1.54) is 0 Å². The fourth-order valence-electron chi connectivity index (χ4n) is 2.18. The van der Waals surface area contributed by atoms with E-state index >= 15 is 0 Å². The molecular formula is C9H16N2O2. The van der Waals surface area contributed by atoms with Gasteiger partial charge in [0.05, 0.1) is 12.1 Å². The highest BCUT2D eigenvalue weighted by molar-refractivity contribution is 5.82. The SMILES string of the molecule is COC1CC2C(=O)N(C)CCN2C1. The lowest BCUT2D eigenvalue weighted by molar-refractivity contribution is -0.138. The zero-order chi connectivity index (χ0) is 9.42. The number of fused-ring (bicyclic) bond motifs is 1. The van der Waals surface area contributed by atoms with Crippen molar-refractivity contribution >= 4 is 5.91 Å². The van der Waals surface area contributed by atoms with Crippen LogP contribution in [0, 0.1) is 0 Å². The standard InChI is InChI=1S/C9H16N2O2/c1-10-3-4-11-6-7(13-2)5-8(11)9(10)12/h7-8H,3-6H2,1-2H3. The summed E-state index contributed by atoms with van der Waals surface area (Å²) in [4.78, 5) is 15.7. The molecule has 0 aromatic carbocycles. The molecule has 2 atom stereocenters. The van der Waals surface area contributed by atoms with Gasteiger partial charge in [0.1, 0.15) is 0 Å². The Morgan fingerprint density at radius 3 is 2.92 bits per heavy atom. The second-order valence-corrected chi connectivity index (χ2v) is 3.86. The first-order valence-electron chi connectivity index (χ1n) is 4.74. The van der Waals surface area contributed by atoms with Gasteiger partial charge in [-0.1, -0.05) is 0 Å². The van der Waals surface area contributed by atoms with Crippen LogP contribution in [0.1, 0.15) is 6.42 Å². The monoisotopic (exact) mass is 184 g/mol. The molecule has 0 bridgehead atoms. The van der Waals surface area contributed by atoms with Gasteiger partial charge in [-0.25, -0.2) is 0 Å². The number of carbonyl (C=O) groups excluding carboxylic acids is 1. The predicted molar refractivity (Wildman–Crippen MR) is 48.4 cm³/mol. The third kappa shape index (κ3) is 1.44. The van der Waals surface area contributed by atoms with E-state index in [0.717, 1.165) is 26.1 Å². The number of carbonyl (C=O) groups is 1. The third-order valence-corrected chi connectivity index (χ3v) is 3.08. The first-order valence-corrected chi connectivity index (χ1v) is 4.74. The Balaban J connectivity index is 2.06. The molecule has 4 nitrogen and oxygen atoms in total. The lowest BCUT2D eigenvalue weighted by atomic mass is 10.1. The lowest BCUT2D eigenvalue weighted by Gasteiger charge is -2.34. The van der Waals surface area contributed by atoms with Crippen molar-refractivity contribution in [3.63, 3.8) is 0 Å². The van der Waals surface area contributed by atoms with Crippen LogP contribution in [0.5, 0.6) is 0 Å². The van der Waals surface area contributed by atoms with E-state index < -0.39 is 0 Å². The largest absolute Gasteiger partial charge is 0.380 e. The average Bonchev–Trinajstić information content (AvgIpc) is 2.55. The predicted octanol–water partition coefficient (Wildman–Crippen LogP) is -0.452. The van der Waals surface area contributed by atoms with Gasteiger partial charge in [-0.2, -0.15) is 0 Å². The molecular weight excluding hydrogens is 168 g/mol. The smallest absolute Gasteiger partial charge is 0.239 e. The molecule has 4 heteroatoms. The first-order chi connectivity index (χ1) is 6.22. The maximum absolute atomic E-state index is 11.7. The van der Waals surface area contributed by atoms with E-state index in [4.69, 9.17) is 4.74 Å². The number of methoxy groups -OCH3 is 1. The van der Waals surface area contributed by atoms with Crippen molar-refractivity contribution < 1.29 is 9.53 Å². The molecule has 0 saturated carbocycles. The van der Waals surface area contributed by atoms with E-state index in [0.29, 0.717) is 0 Å². The maximum atomic E-state index is 11.7. The molecule has 2 aliphatic heterocycles. The molecule has 0 aliphatic carbocycles. The Hall–Kier alpha value is -0.610. The summed E-state index contributed by atoms with van der Waals surface area (Å²) in [7, 11) is 3.59. The van der Waals surface area contributed by atoms with E-state index in [2.05, 4.69) is 4.90 Å². The minimum atomic E-state index is 0.0868. The van der Waals surface area contributed by atoms with Gasteiger partial charge in [0.25, 0.3) is 0 Å². The summed E-state index contributed by atoms with van der Waals surface area (Å²) in [6.07, 6.45) is 1.11. The van der Waals surface area contributed by atoms with Crippen LogP contribution >= 0.6 is 0 Å². The highest BCUT2D eigenvalue weighted by atomic mass is 16.5. The van der Waals surface area contributed by atoms with Crippen molar-refractivity contribution in [1.29, 1.82) is 0 Å². The molecule has 13 heavy (non-hydrogen) atoms. The second kappa shape index (κ2) is 3.27. The molecule has 74 valence electrons. The average molecular weight is 184 g/mol. The lowest BCUT2D eigenvalue weighted by Crippen LogP contribution is -2.52.